The lowest BCUT2D eigenvalue weighted by Gasteiger charge is -2.41. The first kappa shape index (κ1) is 22.5. The summed E-state index contributed by atoms with van der Waals surface area (Å²) in [5, 5.41) is 3.90. The van der Waals surface area contributed by atoms with Gasteiger partial charge in [-0.1, -0.05) is 35.9 Å². The van der Waals surface area contributed by atoms with E-state index in [0.717, 1.165) is 37.0 Å². The summed E-state index contributed by atoms with van der Waals surface area (Å²) in [6.07, 6.45) is 8.82. The molecule has 3 aliphatic rings. The van der Waals surface area contributed by atoms with Crippen molar-refractivity contribution in [1.82, 2.24) is 10.2 Å². The zero-order valence-electron chi connectivity index (χ0n) is 19.4. The summed E-state index contributed by atoms with van der Waals surface area (Å²) in [7, 11) is 0. The lowest BCUT2D eigenvalue weighted by Crippen LogP contribution is -2.46. The fraction of sp³-hybridized carbons (Fsp3) is 0.464. The van der Waals surface area contributed by atoms with Gasteiger partial charge >= 0.3 is 0 Å². The van der Waals surface area contributed by atoms with Crippen LogP contribution in [0.2, 0.25) is 5.02 Å². The van der Waals surface area contributed by atoms with Gasteiger partial charge < -0.3 is 15.0 Å². The Bertz CT molecular complexity index is 1030. The van der Waals surface area contributed by atoms with Crippen molar-refractivity contribution < 1.29 is 9.53 Å². The van der Waals surface area contributed by atoms with E-state index in [2.05, 4.69) is 41.4 Å². The van der Waals surface area contributed by atoms with Gasteiger partial charge in [0.15, 0.2) is 0 Å². The molecule has 2 aliphatic heterocycles. The average Bonchev–Trinajstić information content (AvgIpc) is 2.84. The number of aryl methyl sites for hydroxylation is 1. The number of hydrogen-bond acceptors (Lipinski definition) is 3. The Balaban J connectivity index is 1.10. The van der Waals surface area contributed by atoms with E-state index in [1.165, 1.54) is 37.1 Å². The van der Waals surface area contributed by atoms with Gasteiger partial charge in [-0.25, -0.2) is 0 Å². The molecule has 0 radical (unpaired) electrons. The predicted octanol–water partition coefficient (Wildman–Crippen LogP) is 5.73. The number of nitrogens with zero attached hydrogens (tertiary/aromatic N) is 1. The first-order valence-electron chi connectivity index (χ1n) is 12.3. The second-order valence-electron chi connectivity index (χ2n) is 9.79. The number of halogens is 1. The van der Waals surface area contributed by atoms with Crippen LogP contribution in [0.4, 0.5) is 0 Å². The topological polar surface area (TPSA) is 41.6 Å². The van der Waals surface area contributed by atoms with Crippen LogP contribution < -0.4 is 10.1 Å². The largest absolute Gasteiger partial charge is 0.488 e. The lowest BCUT2D eigenvalue weighted by atomic mass is 9.84. The van der Waals surface area contributed by atoms with E-state index < -0.39 is 0 Å². The summed E-state index contributed by atoms with van der Waals surface area (Å²) in [4.78, 5) is 15.5. The van der Waals surface area contributed by atoms with E-state index in [-0.39, 0.29) is 11.9 Å². The van der Waals surface area contributed by atoms with E-state index in [0.29, 0.717) is 29.2 Å². The van der Waals surface area contributed by atoms with E-state index in [1.807, 2.05) is 24.3 Å². The number of ether oxygens (including phenoxy) is 1. The first-order chi connectivity index (χ1) is 16.1. The number of rotatable bonds is 4. The zero-order valence-corrected chi connectivity index (χ0v) is 20.1. The van der Waals surface area contributed by atoms with Crippen molar-refractivity contribution in [3.63, 3.8) is 0 Å². The summed E-state index contributed by atoms with van der Waals surface area (Å²) in [5.41, 5.74) is 4.51. The van der Waals surface area contributed by atoms with Crippen LogP contribution in [0.15, 0.2) is 48.0 Å². The number of piperidine rings is 1. The molecule has 0 aromatic heterocycles. The smallest absolute Gasteiger partial charge is 0.250 e. The average molecular weight is 465 g/mol. The van der Waals surface area contributed by atoms with Gasteiger partial charge in [-0.15, -0.1) is 0 Å². The minimum absolute atomic E-state index is 0.0110. The highest BCUT2D eigenvalue weighted by Gasteiger charge is 2.30. The second kappa shape index (κ2) is 9.90. The van der Waals surface area contributed by atoms with E-state index in [9.17, 15) is 4.79 Å². The van der Waals surface area contributed by atoms with Crippen LogP contribution in [-0.4, -0.2) is 42.6 Å². The Kier molecular flexibility index (Phi) is 6.75. The maximum atomic E-state index is 12.8. The molecule has 2 aromatic rings. The fourth-order valence-electron chi connectivity index (χ4n) is 5.76. The Hall–Kier alpha value is -2.30. The molecule has 0 atom stereocenters. The third-order valence-corrected chi connectivity index (χ3v) is 7.92. The van der Waals surface area contributed by atoms with Crippen LogP contribution >= 0.6 is 11.6 Å². The number of fused-ring (bicyclic) bond motifs is 1. The van der Waals surface area contributed by atoms with Gasteiger partial charge in [0.25, 0.3) is 5.91 Å². The molecule has 0 spiro atoms. The van der Waals surface area contributed by atoms with Gasteiger partial charge in [-0.05, 0) is 99.9 Å². The van der Waals surface area contributed by atoms with Gasteiger partial charge in [0, 0.05) is 22.7 Å². The van der Waals surface area contributed by atoms with Crippen molar-refractivity contribution >= 4 is 23.6 Å². The first-order valence-corrected chi connectivity index (χ1v) is 12.7. The van der Waals surface area contributed by atoms with Gasteiger partial charge in [-0.3, -0.25) is 4.79 Å². The molecule has 5 heteroatoms. The van der Waals surface area contributed by atoms with Gasteiger partial charge in [0.2, 0.25) is 0 Å². The Labute approximate surface area is 202 Å². The van der Waals surface area contributed by atoms with Crippen LogP contribution in [0, 0.1) is 6.92 Å². The summed E-state index contributed by atoms with van der Waals surface area (Å²) < 4.78 is 5.75. The van der Waals surface area contributed by atoms with Crippen molar-refractivity contribution in [2.24, 2.45) is 0 Å². The maximum absolute atomic E-state index is 12.8. The summed E-state index contributed by atoms with van der Waals surface area (Å²) in [5.74, 6) is 1.47. The molecule has 1 aliphatic carbocycles. The number of carbonyl (C=O) groups is 1. The van der Waals surface area contributed by atoms with Gasteiger partial charge in [0.1, 0.15) is 12.4 Å². The number of benzene rings is 2. The third-order valence-electron chi connectivity index (χ3n) is 7.68. The zero-order chi connectivity index (χ0) is 22.8. The molecule has 4 nitrogen and oxygen atoms in total. The molecule has 1 amide bonds. The highest BCUT2D eigenvalue weighted by molar-refractivity contribution is 6.30. The van der Waals surface area contributed by atoms with Crippen LogP contribution in [0.3, 0.4) is 0 Å². The quantitative estimate of drug-likeness (QED) is 0.628. The SMILES string of the molecule is Cc1ccccc1C1CCN(C2CCC(NC(=O)C3=Cc4cc(Cl)ccc4OC3)CC2)CC1. The summed E-state index contributed by atoms with van der Waals surface area (Å²) in [6.45, 7) is 4.92. The van der Waals surface area contributed by atoms with Gasteiger partial charge in [0.05, 0.1) is 5.57 Å². The van der Waals surface area contributed by atoms with E-state index >= 15 is 0 Å². The fourth-order valence-corrected chi connectivity index (χ4v) is 5.94. The van der Waals surface area contributed by atoms with Crippen LogP contribution in [-0.2, 0) is 4.79 Å². The molecule has 2 heterocycles. The van der Waals surface area contributed by atoms with Gasteiger partial charge in [-0.2, -0.15) is 0 Å². The molecule has 0 unspecified atom stereocenters. The van der Waals surface area contributed by atoms with Crippen LogP contribution in [0.1, 0.15) is 61.1 Å². The number of hydrogen-bond donors (Lipinski definition) is 1. The lowest BCUT2D eigenvalue weighted by molar-refractivity contribution is -0.118. The molecular formula is C28H33ClN2O2. The highest BCUT2D eigenvalue weighted by Crippen LogP contribution is 2.34. The minimum Gasteiger partial charge on any atom is -0.488 e. The number of nitrogens with one attached hydrogen (secondary N) is 1. The normalized spacial score (nSPS) is 23.9. The summed E-state index contributed by atoms with van der Waals surface area (Å²) in [6, 6.07) is 15.3. The Morgan fingerprint density at radius 3 is 2.55 bits per heavy atom. The van der Waals surface area contributed by atoms with Crippen molar-refractivity contribution in [2.45, 2.75) is 63.5 Å². The molecule has 1 saturated carbocycles. The molecule has 174 valence electrons. The molecule has 33 heavy (non-hydrogen) atoms. The molecule has 5 rings (SSSR count). The molecule has 0 bridgehead atoms. The standard InChI is InChI=1S/C28H33ClN2O2/c1-19-4-2-3-5-26(19)20-12-14-31(15-13-20)25-9-7-24(8-10-25)30-28(32)22-16-21-17-23(29)6-11-27(21)33-18-22/h2-6,11,16-17,20,24-25H,7-10,12-15,18H2,1H3,(H,30,32). The number of amides is 1. The van der Waals surface area contributed by atoms with Crippen molar-refractivity contribution in [2.75, 3.05) is 19.7 Å². The van der Waals surface area contributed by atoms with Crippen molar-refractivity contribution in [3.8, 4) is 5.75 Å². The molecular weight excluding hydrogens is 432 g/mol. The Morgan fingerprint density at radius 2 is 1.79 bits per heavy atom. The number of carbonyl (C=O) groups excluding carboxylic acids is 1. The second-order valence-corrected chi connectivity index (χ2v) is 10.2. The van der Waals surface area contributed by atoms with Crippen molar-refractivity contribution in [1.29, 1.82) is 0 Å². The van der Waals surface area contributed by atoms with Crippen molar-refractivity contribution in [3.05, 3.63) is 69.8 Å². The Morgan fingerprint density at radius 1 is 1.03 bits per heavy atom. The van der Waals surface area contributed by atoms with Crippen LogP contribution in [0.5, 0.6) is 5.75 Å². The maximum Gasteiger partial charge on any atom is 0.250 e. The minimum atomic E-state index is -0.0110. The number of likely N-dealkylation sites (tertiary alicyclic amines) is 1. The molecule has 1 saturated heterocycles. The highest BCUT2D eigenvalue weighted by atomic mass is 35.5. The van der Waals surface area contributed by atoms with E-state index in [4.69, 9.17) is 16.3 Å². The van der Waals surface area contributed by atoms with E-state index in [1.54, 1.807) is 0 Å². The van der Waals surface area contributed by atoms with Crippen LogP contribution in [0.25, 0.3) is 6.08 Å². The third kappa shape index (κ3) is 5.12. The molecule has 2 fully saturated rings. The summed E-state index contributed by atoms with van der Waals surface area (Å²) >= 11 is 6.09. The molecule has 2 aromatic carbocycles. The predicted molar refractivity (Wildman–Crippen MR) is 134 cm³/mol. The molecule has 1 N–H and O–H groups in total. The monoisotopic (exact) mass is 464 g/mol.